The first kappa shape index (κ1) is 18.1. The van der Waals surface area contributed by atoms with Crippen LogP contribution in [0.5, 0.6) is 11.5 Å². The Kier molecular flexibility index (Phi) is 5.57. The van der Waals surface area contributed by atoms with Crippen LogP contribution in [0.15, 0.2) is 12.1 Å². The van der Waals surface area contributed by atoms with Crippen molar-refractivity contribution in [2.75, 3.05) is 13.2 Å². The summed E-state index contributed by atoms with van der Waals surface area (Å²) < 4.78 is 23.4. The van der Waals surface area contributed by atoms with Gasteiger partial charge in [-0.2, -0.15) is 0 Å². The molecule has 1 aliphatic heterocycles. The van der Waals surface area contributed by atoms with Crippen LogP contribution in [0.3, 0.4) is 0 Å². The van der Waals surface area contributed by atoms with Crippen molar-refractivity contribution in [3.05, 3.63) is 22.7 Å². The molecule has 0 aromatic heterocycles. The molecule has 2 rings (SSSR count). The summed E-state index contributed by atoms with van der Waals surface area (Å²) in [6.07, 6.45) is 0. The van der Waals surface area contributed by atoms with E-state index < -0.39 is 16.0 Å². The lowest BCUT2D eigenvalue weighted by molar-refractivity contribution is -0.121. The second-order valence-electron chi connectivity index (χ2n) is 6.51. The van der Waals surface area contributed by atoms with E-state index in [2.05, 4.69) is 5.32 Å². The van der Waals surface area contributed by atoms with E-state index in [9.17, 15) is 9.00 Å². The molecule has 0 bridgehead atoms. The van der Waals surface area contributed by atoms with Crippen LogP contribution in [-0.4, -0.2) is 34.1 Å². The third-order valence-corrected chi connectivity index (χ3v) is 5.13. The molecule has 0 saturated heterocycles. The van der Waals surface area contributed by atoms with E-state index in [0.717, 1.165) is 5.56 Å². The Morgan fingerprint density at radius 2 is 2.00 bits per heavy atom. The number of amides is 1. The van der Waals surface area contributed by atoms with Crippen molar-refractivity contribution >= 4 is 28.3 Å². The molecule has 1 aromatic rings. The Morgan fingerprint density at radius 1 is 1.35 bits per heavy atom. The fraction of sp³-hybridized carbons (Fsp3) is 0.562. The number of benzene rings is 1. The molecule has 0 spiro atoms. The number of fused-ring (bicyclic) bond motifs is 1. The van der Waals surface area contributed by atoms with E-state index in [1.165, 1.54) is 0 Å². The molecule has 1 aromatic carbocycles. The average molecular weight is 360 g/mol. The first-order valence-corrected chi connectivity index (χ1v) is 9.20. The molecular formula is C16H22ClNO4S. The van der Waals surface area contributed by atoms with Crippen molar-refractivity contribution in [1.82, 2.24) is 5.32 Å². The number of hydrogen-bond donors (Lipinski definition) is 1. The minimum absolute atomic E-state index is 0.223. The molecule has 1 heterocycles. The van der Waals surface area contributed by atoms with Crippen molar-refractivity contribution in [3.63, 3.8) is 0 Å². The fourth-order valence-electron chi connectivity index (χ4n) is 2.13. The molecule has 0 saturated carbocycles. The van der Waals surface area contributed by atoms with Crippen LogP contribution in [0.2, 0.25) is 5.02 Å². The number of ether oxygens (including phenoxy) is 2. The highest BCUT2D eigenvalue weighted by Gasteiger charge is 2.25. The molecule has 128 valence electrons. The highest BCUT2D eigenvalue weighted by Crippen LogP contribution is 2.38. The first-order chi connectivity index (χ1) is 10.7. The summed E-state index contributed by atoms with van der Waals surface area (Å²) >= 11 is 6.18. The van der Waals surface area contributed by atoms with Gasteiger partial charge in [-0.3, -0.25) is 9.00 Å². The van der Waals surface area contributed by atoms with Crippen LogP contribution in [-0.2, 0) is 21.3 Å². The lowest BCUT2D eigenvalue weighted by Gasteiger charge is -2.23. The topological polar surface area (TPSA) is 64.6 Å². The van der Waals surface area contributed by atoms with E-state index >= 15 is 0 Å². The van der Waals surface area contributed by atoms with Crippen LogP contribution in [0, 0.1) is 0 Å². The van der Waals surface area contributed by atoms with Crippen molar-refractivity contribution in [2.24, 2.45) is 0 Å². The van der Waals surface area contributed by atoms with Gasteiger partial charge in [-0.25, -0.2) is 0 Å². The molecule has 0 fully saturated rings. The standard InChI is InChI=1S/C16H22ClNO4S/c1-10(15(19)18-16(2,3)4)23(20)9-11-7-12(17)14-13(8-11)21-5-6-22-14/h7-8,10H,5-6,9H2,1-4H3,(H,18,19). The Balaban J connectivity index is 2.08. The van der Waals surface area contributed by atoms with E-state index in [4.69, 9.17) is 21.1 Å². The average Bonchev–Trinajstić information content (AvgIpc) is 2.44. The Bertz CT molecular complexity index is 627. The van der Waals surface area contributed by atoms with E-state index in [0.29, 0.717) is 29.7 Å². The third-order valence-electron chi connectivity index (χ3n) is 3.23. The maximum absolute atomic E-state index is 12.5. The van der Waals surface area contributed by atoms with Gasteiger partial charge in [0.25, 0.3) is 0 Å². The number of carbonyl (C=O) groups is 1. The van der Waals surface area contributed by atoms with Gasteiger partial charge < -0.3 is 14.8 Å². The van der Waals surface area contributed by atoms with Gasteiger partial charge in [-0.05, 0) is 45.4 Å². The molecule has 2 unspecified atom stereocenters. The van der Waals surface area contributed by atoms with E-state index in [1.807, 2.05) is 20.8 Å². The zero-order valence-corrected chi connectivity index (χ0v) is 15.3. The van der Waals surface area contributed by atoms with Gasteiger partial charge in [-0.1, -0.05) is 11.6 Å². The molecule has 23 heavy (non-hydrogen) atoms. The maximum atomic E-state index is 12.5. The zero-order chi connectivity index (χ0) is 17.2. The van der Waals surface area contributed by atoms with Crippen molar-refractivity contribution in [1.29, 1.82) is 0 Å². The molecule has 7 heteroatoms. The second-order valence-corrected chi connectivity index (χ2v) is 8.67. The monoisotopic (exact) mass is 359 g/mol. The van der Waals surface area contributed by atoms with Crippen molar-refractivity contribution in [3.8, 4) is 11.5 Å². The second kappa shape index (κ2) is 7.09. The summed E-state index contributed by atoms with van der Waals surface area (Å²) in [5.74, 6) is 1.09. The summed E-state index contributed by atoms with van der Waals surface area (Å²) in [6, 6.07) is 3.48. The Labute approximate surface area is 144 Å². The molecular weight excluding hydrogens is 338 g/mol. The maximum Gasteiger partial charge on any atom is 0.235 e. The predicted molar refractivity (Wildman–Crippen MR) is 91.6 cm³/mol. The summed E-state index contributed by atoms with van der Waals surface area (Å²) in [6.45, 7) is 8.25. The van der Waals surface area contributed by atoms with Crippen LogP contribution in [0.25, 0.3) is 0 Å². The van der Waals surface area contributed by atoms with Crippen molar-refractivity contribution in [2.45, 2.75) is 44.2 Å². The molecule has 5 nitrogen and oxygen atoms in total. The van der Waals surface area contributed by atoms with Gasteiger partial charge in [0, 0.05) is 22.1 Å². The van der Waals surface area contributed by atoms with Crippen LogP contribution >= 0.6 is 11.6 Å². The summed E-state index contributed by atoms with van der Waals surface area (Å²) in [5, 5.41) is 2.67. The zero-order valence-electron chi connectivity index (χ0n) is 13.8. The first-order valence-electron chi connectivity index (χ1n) is 7.44. The number of hydrogen-bond acceptors (Lipinski definition) is 4. The molecule has 2 atom stereocenters. The van der Waals surface area contributed by atoms with Crippen LogP contribution < -0.4 is 14.8 Å². The summed E-state index contributed by atoms with van der Waals surface area (Å²) in [4.78, 5) is 12.1. The van der Waals surface area contributed by atoms with Gasteiger partial charge in [0.05, 0.1) is 5.02 Å². The number of carbonyl (C=O) groups excluding carboxylic acids is 1. The van der Waals surface area contributed by atoms with E-state index in [-0.39, 0.29) is 17.2 Å². The van der Waals surface area contributed by atoms with E-state index in [1.54, 1.807) is 19.1 Å². The summed E-state index contributed by atoms with van der Waals surface area (Å²) in [5.41, 5.74) is 0.406. The fourth-order valence-corrected chi connectivity index (χ4v) is 3.46. The van der Waals surface area contributed by atoms with Gasteiger partial charge in [0.15, 0.2) is 11.5 Å². The molecule has 1 amide bonds. The number of halogens is 1. The van der Waals surface area contributed by atoms with Crippen LogP contribution in [0.4, 0.5) is 0 Å². The minimum atomic E-state index is -1.36. The minimum Gasteiger partial charge on any atom is -0.486 e. The predicted octanol–water partition coefficient (Wildman–Crippen LogP) is 2.66. The smallest absolute Gasteiger partial charge is 0.235 e. The Morgan fingerprint density at radius 3 is 2.65 bits per heavy atom. The highest BCUT2D eigenvalue weighted by atomic mass is 35.5. The van der Waals surface area contributed by atoms with Crippen LogP contribution in [0.1, 0.15) is 33.3 Å². The number of nitrogens with one attached hydrogen (secondary N) is 1. The lowest BCUT2D eigenvalue weighted by Crippen LogP contribution is -2.46. The van der Waals surface area contributed by atoms with Gasteiger partial charge in [-0.15, -0.1) is 0 Å². The highest BCUT2D eigenvalue weighted by molar-refractivity contribution is 7.85. The number of rotatable bonds is 4. The van der Waals surface area contributed by atoms with Gasteiger partial charge >= 0.3 is 0 Å². The quantitative estimate of drug-likeness (QED) is 0.897. The third kappa shape index (κ3) is 4.85. The van der Waals surface area contributed by atoms with Gasteiger partial charge in [0.2, 0.25) is 5.91 Å². The normalized spacial score (nSPS) is 16.6. The summed E-state index contributed by atoms with van der Waals surface area (Å²) in [7, 11) is -1.36. The molecule has 0 aliphatic carbocycles. The molecule has 0 radical (unpaired) electrons. The lowest BCUT2D eigenvalue weighted by atomic mass is 10.1. The Hall–Kier alpha value is -1.27. The SMILES string of the molecule is CC(C(=O)NC(C)(C)C)S(=O)Cc1cc(Cl)c2c(c1)OCCO2. The van der Waals surface area contributed by atoms with Gasteiger partial charge in [0.1, 0.15) is 18.5 Å². The molecule has 1 N–H and O–H groups in total. The van der Waals surface area contributed by atoms with Crippen molar-refractivity contribution < 1.29 is 18.5 Å². The largest absolute Gasteiger partial charge is 0.486 e. The molecule has 1 aliphatic rings.